The molecular weight excluding hydrogens is 1640 g/mol. The molecule has 0 unspecified atom stereocenters. The molecule has 3 aliphatic heterocycles. The van der Waals surface area contributed by atoms with Crippen LogP contribution in [0, 0.1) is 0 Å². The predicted molar refractivity (Wildman–Crippen MR) is 526 cm³/mol. The van der Waals surface area contributed by atoms with Crippen molar-refractivity contribution in [2.75, 3.05) is 144 Å². The van der Waals surface area contributed by atoms with Gasteiger partial charge in [0, 0.05) is 163 Å². The zero-order chi connectivity index (χ0) is 93.5. The minimum absolute atomic E-state index is 0.214. The number of carbonyl (C=O) groups excluding carboxylic acids is 7. The number of nitrogens with zero attached hydrogens (tertiary/aromatic N) is 8. The monoisotopic (exact) mass is 1770 g/mol. The van der Waals surface area contributed by atoms with E-state index in [-0.39, 0.29) is 51.5 Å². The summed E-state index contributed by atoms with van der Waals surface area (Å²) in [5.41, 5.74) is -0.545. The van der Waals surface area contributed by atoms with Crippen LogP contribution in [-0.2, 0) is 41.5 Å². The van der Waals surface area contributed by atoms with E-state index in [0.29, 0.717) is 58.9 Å². The third kappa shape index (κ3) is 27.3. The first kappa shape index (κ1) is 97.9. The van der Waals surface area contributed by atoms with Gasteiger partial charge in [-0.1, -0.05) is 164 Å². The van der Waals surface area contributed by atoms with Gasteiger partial charge in [-0.25, -0.2) is 28.8 Å². The summed E-state index contributed by atoms with van der Waals surface area (Å²) in [5, 5.41) is 33.4. The maximum absolute atomic E-state index is 13.5. The van der Waals surface area contributed by atoms with Crippen LogP contribution >= 0.6 is 0 Å². The van der Waals surface area contributed by atoms with E-state index in [1.165, 1.54) is 103 Å². The van der Waals surface area contributed by atoms with Gasteiger partial charge in [0.2, 0.25) is 0 Å². The standard InChI is InChI=1S/C40H54N4O6.C25H30N4.C24H45N3O6.C17H10O/c1-38(2,3)48-35(45)42-21-19-41(27-31-16-15-30-14-13-28-11-10-12-29-17-18-32(31)34(30)33(28)29)20-22-43(36(46)49-39(4,5)6)24-26-44(25-23-42)37(47)50-40(7,8)9;1-2-19-4-5-21-6-7-22(23-9-8-20(3-1)24(19)25(21)23)18-29-16-14-27-12-10-26-11-13-28-15-17-29;1-22(2,3)31-19(28)25-13-11-10-12-14-26(20(29)32-23(4,5)6)16-18-27(17-15-25)21(30)33-24(7,8)9;18-10-14-7-6-13-5-4-11-2-1-3-12-8-9-15(14)17(13)16(11)12/h10-18H,19-27H2,1-9H3;1-9,26-28H,10-18H2;10-18H2,1-9H3;1-10H. The smallest absolute Gasteiger partial charge is 0.410 e. The Kier molecular flexibility index (Phi) is 32.2. The highest BCUT2D eigenvalue weighted by molar-refractivity contribution is 6.26. The Balaban J connectivity index is 0.000000166. The minimum atomic E-state index is -0.706. The van der Waals surface area contributed by atoms with E-state index in [0.717, 1.165) is 95.4 Å². The molecule has 0 atom stereocenters. The molecule has 3 aliphatic rings. The first-order chi connectivity index (χ1) is 61.6. The average molecular weight is 1780 g/mol. The molecule has 6 amide bonds. The fourth-order valence-electron chi connectivity index (χ4n) is 16.9. The second kappa shape index (κ2) is 42.8. The first-order valence-electron chi connectivity index (χ1n) is 46.5. The fraction of sp³-hybridized carbons (Fsp3) is 0.481. The molecule has 0 saturated carbocycles. The highest BCUT2D eigenvalue weighted by Crippen LogP contribution is 2.40. The lowest BCUT2D eigenvalue weighted by molar-refractivity contribution is 0.00448. The minimum Gasteiger partial charge on any atom is -0.444 e. The van der Waals surface area contributed by atoms with Gasteiger partial charge in [-0.05, 0) is 252 Å². The number of nitrogens with one attached hydrogen (secondary N) is 3. The molecule has 0 radical (unpaired) electrons. The quantitative estimate of drug-likeness (QED) is 0.0825. The van der Waals surface area contributed by atoms with Gasteiger partial charge in [0.1, 0.15) is 33.6 Å². The van der Waals surface area contributed by atoms with Crippen molar-refractivity contribution < 1.29 is 62.0 Å². The molecule has 3 saturated heterocycles. The summed E-state index contributed by atoms with van der Waals surface area (Å²) in [7, 11) is 0. The van der Waals surface area contributed by atoms with Gasteiger partial charge >= 0.3 is 36.6 Å². The van der Waals surface area contributed by atoms with E-state index in [4.69, 9.17) is 28.4 Å². The Bertz CT molecular complexity index is 5690. The molecule has 24 heteroatoms. The first-order valence-corrected chi connectivity index (χ1v) is 46.5. The zero-order valence-corrected chi connectivity index (χ0v) is 80.1. The molecule has 12 aromatic rings. The summed E-state index contributed by atoms with van der Waals surface area (Å²) < 4.78 is 34.0. The molecule has 24 nitrogen and oxygen atoms in total. The van der Waals surface area contributed by atoms with Crippen molar-refractivity contribution in [2.45, 2.75) is 191 Å². The molecule has 0 aromatic heterocycles. The summed E-state index contributed by atoms with van der Waals surface area (Å²) in [6.07, 6.45) is 0.708. The molecule has 130 heavy (non-hydrogen) atoms. The van der Waals surface area contributed by atoms with Crippen molar-refractivity contribution >= 4 is 140 Å². The van der Waals surface area contributed by atoms with E-state index in [2.05, 4.69) is 171 Å². The SMILES string of the molecule is CC(C)(C)OC(=O)N1CCCCCN(C(=O)OC(C)(C)C)CCN(C(=O)OC(C)(C)C)CC1.CC(C)(C)OC(=O)N1CCN(Cc2ccc3ccc4cccc5ccc2c3c45)CCN(C(=O)OC(C)(C)C)CCN(C(=O)OC(C)(C)C)CC1.O=Cc1ccc2ccc3cccc4ccc1c2c34.c1cc2ccc3ccc(CN4CCNCCNCCNCC4)c4ccc(c1)c2c34. The van der Waals surface area contributed by atoms with Gasteiger partial charge in [0.25, 0.3) is 0 Å². The lowest BCUT2D eigenvalue weighted by Crippen LogP contribution is -2.51. The largest absolute Gasteiger partial charge is 0.444 e. The van der Waals surface area contributed by atoms with Crippen LogP contribution in [0.2, 0.25) is 0 Å². The normalized spacial score (nSPS) is 16.4. The van der Waals surface area contributed by atoms with Crippen LogP contribution in [0.3, 0.4) is 0 Å². The molecule has 0 bridgehead atoms. The van der Waals surface area contributed by atoms with Crippen molar-refractivity contribution in [1.82, 2.24) is 55.1 Å². The van der Waals surface area contributed by atoms with E-state index in [1.807, 2.05) is 122 Å². The molecule has 15 rings (SSSR count). The topological polar surface area (TPSA) is 237 Å². The van der Waals surface area contributed by atoms with Gasteiger partial charge in [-0.15, -0.1) is 0 Å². The number of rotatable bonds is 5. The van der Waals surface area contributed by atoms with Crippen LogP contribution < -0.4 is 16.0 Å². The van der Waals surface area contributed by atoms with Crippen LogP contribution in [0.5, 0.6) is 0 Å². The van der Waals surface area contributed by atoms with Crippen molar-refractivity contribution in [2.24, 2.45) is 0 Å². The molecule has 0 aliphatic carbocycles. The van der Waals surface area contributed by atoms with Crippen molar-refractivity contribution in [3.8, 4) is 0 Å². The summed E-state index contributed by atoms with van der Waals surface area (Å²) >= 11 is 0. The van der Waals surface area contributed by atoms with E-state index >= 15 is 0 Å². The third-order valence-corrected chi connectivity index (χ3v) is 23.1. The van der Waals surface area contributed by atoms with Gasteiger partial charge in [-0.2, -0.15) is 0 Å². The summed E-state index contributed by atoms with van der Waals surface area (Å²) in [6.45, 7) is 47.8. The Labute approximate surface area is 767 Å². The Morgan fingerprint density at radius 1 is 0.254 bits per heavy atom. The van der Waals surface area contributed by atoms with Gasteiger partial charge in [0.15, 0.2) is 6.29 Å². The lowest BCUT2D eigenvalue weighted by atomic mass is 9.92. The number of benzene rings is 12. The molecular formula is C106H139N11O13. The number of aldehydes is 1. The maximum Gasteiger partial charge on any atom is 0.410 e. The van der Waals surface area contributed by atoms with Crippen LogP contribution in [0.1, 0.15) is 165 Å². The second-order valence-electron chi connectivity index (χ2n) is 40.5. The second-order valence-corrected chi connectivity index (χ2v) is 40.5. The van der Waals surface area contributed by atoms with Crippen LogP contribution in [0.4, 0.5) is 28.8 Å². The van der Waals surface area contributed by atoms with Gasteiger partial charge < -0.3 is 73.8 Å². The molecule has 12 aromatic carbocycles. The molecule has 3 fully saturated rings. The molecule has 3 N–H and O–H groups in total. The summed E-state index contributed by atoms with van der Waals surface area (Å²) in [4.78, 5) is 104. The lowest BCUT2D eigenvalue weighted by Gasteiger charge is -2.36. The average Bonchev–Trinajstić information content (AvgIpc) is 0.747. The van der Waals surface area contributed by atoms with E-state index in [9.17, 15) is 33.6 Å². The predicted octanol–water partition coefficient (Wildman–Crippen LogP) is 20.6. The summed E-state index contributed by atoms with van der Waals surface area (Å²) in [5.74, 6) is 0. The molecule has 3 heterocycles. The fourth-order valence-corrected chi connectivity index (χ4v) is 16.9. The Morgan fingerprint density at radius 3 is 0.762 bits per heavy atom. The van der Waals surface area contributed by atoms with Crippen molar-refractivity contribution in [3.05, 3.63) is 180 Å². The highest BCUT2D eigenvalue weighted by atomic mass is 16.6. The Morgan fingerprint density at radius 2 is 0.477 bits per heavy atom. The maximum atomic E-state index is 13.5. The number of ether oxygens (including phenoxy) is 6. The van der Waals surface area contributed by atoms with Crippen LogP contribution in [0.25, 0.3) is 97.0 Å². The molecule has 0 spiro atoms. The number of hydrogen-bond acceptors (Lipinski definition) is 18. The van der Waals surface area contributed by atoms with Crippen molar-refractivity contribution in [3.63, 3.8) is 0 Å². The van der Waals surface area contributed by atoms with Crippen molar-refractivity contribution in [1.29, 1.82) is 0 Å². The highest BCUT2D eigenvalue weighted by Gasteiger charge is 2.34. The van der Waals surface area contributed by atoms with Gasteiger partial charge in [-0.3, -0.25) is 14.6 Å². The summed E-state index contributed by atoms with van der Waals surface area (Å²) in [6, 6.07) is 58.6. The zero-order valence-electron chi connectivity index (χ0n) is 80.1. The van der Waals surface area contributed by atoms with E-state index < -0.39 is 58.0 Å². The number of hydrogen-bond donors (Lipinski definition) is 3. The third-order valence-electron chi connectivity index (χ3n) is 23.1. The van der Waals surface area contributed by atoms with E-state index in [1.54, 1.807) is 50.2 Å². The molecule has 696 valence electrons. The Hall–Kier alpha value is -11.2. The van der Waals surface area contributed by atoms with Crippen LogP contribution in [-0.4, -0.2) is 260 Å². The number of carbonyl (C=O) groups is 7. The van der Waals surface area contributed by atoms with Gasteiger partial charge in [0.05, 0.1) is 0 Å². The van der Waals surface area contributed by atoms with Crippen LogP contribution in [0.15, 0.2) is 164 Å². The number of amides is 6.